The second kappa shape index (κ2) is 11.1. The SMILES string of the molecule is COc1ccc(CNC(=O)c2c(-c3ccccc3)c(-c3ccc(F)cc3)c(C=O)n2C(C)C)cc1OC. The van der Waals surface area contributed by atoms with Crippen LogP contribution in [0.15, 0.2) is 72.8 Å². The van der Waals surface area contributed by atoms with Crippen molar-refractivity contribution in [1.29, 1.82) is 0 Å². The van der Waals surface area contributed by atoms with Crippen LogP contribution in [-0.2, 0) is 6.54 Å². The lowest BCUT2D eigenvalue weighted by atomic mass is 9.94. The summed E-state index contributed by atoms with van der Waals surface area (Å²) in [5.74, 6) is 0.441. The molecule has 0 bridgehead atoms. The molecule has 3 aromatic carbocycles. The Morgan fingerprint density at radius 2 is 1.57 bits per heavy atom. The van der Waals surface area contributed by atoms with Crippen molar-refractivity contribution in [3.05, 3.63) is 95.6 Å². The van der Waals surface area contributed by atoms with Crippen LogP contribution >= 0.6 is 0 Å². The Bertz CT molecular complexity index is 1410. The quantitative estimate of drug-likeness (QED) is 0.274. The number of ether oxygens (including phenoxy) is 2. The van der Waals surface area contributed by atoms with Crippen LogP contribution in [0, 0.1) is 5.82 Å². The monoisotopic (exact) mass is 500 g/mol. The molecule has 0 radical (unpaired) electrons. The number of carbonyl (C=O) groups is 2. The number of aromatic nitrogens is 1. The molecule has 0 aliphatic rings. The molecule has 0 unspecified atom stereocenters. The molecule has 0 fully saturated rings. The molecule has 1 N–H and O–H groups in total. The molecule has 4 rings (SSSR count). The van der Waals surface area contributed by atoms with Gasteiger partial charge in [0.15, 0.2) is 17.8 Å². The number of hydrogen-bond donors (Lipinski definition) is 1. The highest BCUT2D eigenvalue weighted by atomic mass is 19.1. The Morgan fingerprint density at radius 1 is 0.919 bits per heavy atom. The molecule has 190 valence electrons. The fraction of sp³-hybridized carbons (Fsp3) is 0.200. The first-order chi connectivity index (χ1) is 17.9. The van der Waals surface area contributed by atoms with Gasteiger partial charge in [0.25, 0.3) is 5.91 Å². The molecule has 1 aromatic heterocycles. The van der Waals surface area contributed by atoms with E-state index in [-0.39, 0.29) is 24.3 Å². The highest BCUT2D eigenvalue weighted by Gasteiger charge is 2.29. The number of halogens is 1. The summed E-state index contributed by atoms with van der Waals surface area (Å²) in [5.41, 5.74) is 4.18. The minimum Gasteiger partial charge on any atom is -0.493 e. The van der Waals surface area contributed by atoms with Crippen molar-refractivity contribution in [3.63, 3.8) is 0 Å². The van der Waals surface area contributed by atoms with Crippen molar-refractivity contribution in [1.82, 2.24) is 9.88 Å². The van der Waals surface area contributed by atoms with Crippen molar-refractivity contribution < 1.29 is 23.5 Å². The van der Waals surface area contributed by atoms with E-state index in [4.69, 9.17) is 9.47 Å². The number of benzene rings is 3. The Labute approximate surface area is 215 Å². The van der Waals surface area contributed by atoms with Crippen molar-refractivity contribution in [2.75, 3.05) is 14.2 Å². The smallest absolute Gasteiger partial charge is 0.268 e. The summed E-state index contributed by atoms with van der Waals surface area (Å²) >= 11 is 0. The standard InChI is InChI=1S/C30H29FN2O4/c1-19(2)33-24(18-34)27(22-11-13-23(31)14-12-22)28(21-8-6-5-7-9-21)29(33)30(35)32-17-20-10-15-25(36-3)26(16-20)37-4/h5-16,18-19H,17H2,1-4H3,(H,32,35). The third-order valence-electron chi connectivity index (χ3n) is 6.18. The van der Waals surface area contributed by atoms with E-state index in [2.05, 4.69) is 5.32 Å². The number of methoxy groups -OCH3 is 2. The largest absolute Gasteiger partial charge is 0.493 e. The number of carbonyl (C=O) groups excluding carboxylic acids is 2. The molecule has 4 aromatic rings. The lowest BCUT2D eigenvalue weighted by molar-refractivity contribution is 0.0940. The minimum atomic E-state index is -0.381. The summed E-state index contributed by atoms with van der Waals surface area (Å²) in [4.78, 5) is 26.3. The molecule has 1 amide bonds. The maximum Gasteiger partial charge on any atom is 0.268 e. The number of rotatable bonds is 9. The lowest BCUT2D eigenvalue weighted by Crippen LogP contribution is -2.27. The van der Waals surface area contributed by atoms with Crippen LogP contribution in [0.2, 0.25) is 0 Å². The Hall–Kier alpha value is -4.39. The summed E-state index contributed by atoms with van der Waals surface area (Å²) in [6.45, 7) is 4.07. The zero-order chi connectivity index (χ0) is 26.5. The molecule has 1 heterocycles. The predicted octanol–water partition coefficient (Wildman–Crippen LogP) is 6.30. The van der Waals surface area contributed by atoms with Crippen LogP contribution in [0.1, 0.15) is 46.4 Å². The van der Waals surface area contributed by atoms with E-state index < -0.39 is 0 Å². The molecule has 0 aliphatic carbocycles. The Morgan fingerprint density at radius 3 is 2.16 bits per heavy atom. The number of nitrogens with one attached hydrogen (secondary N) is 1. The first-order valence-electron chi connectivity index (χ1n) is 11.9. The van der Waals surface area contributed by atoms with Crippen molar-refractivity contribution in [2.45, 2.75) is 26.4 Å². The molecule has 0 saturated heterocycles. The van der Waals surface area contributed by atoms with Crippen LogP contribution < -0.4 is 14.8 Å². The van der Waals surface area contributed by atoms with E-state index in [0.717, 1.165) is 17.4 Å². The molecular formula is C30H29FN2O4. The van der Waals surface area contributed by atoms with Gasteiger partial charge in [0, 0.05) is 23.7 Å². The molecule has 0 saturated carbocycles. The van der Waals surface area contributed by atoms with Gasteiger partial charge in [-0.2, -0.15) is 0 Å². The number of hydrogen-bond acceptors (Lipinski definition) is 4. The van der Waals surface area contributed by atoms with E-state index >= 15 is 0 Å². The number of amides is 1. The zero-order valence-corrected chi connectivity index (χ0v) is 21.2. The van der Waals surface area contributed by atoms with Crippen LogP contribution in [0.25, 0.3) is 22.3 Å². The highest BCUT2D eigenvalue weighted by Crippen LogP contribution is 2.41. The van der Waals surface area contributed by atoms with Gasteiger partial charge in [-0.3, -0.25) is 9.59 Å². The van der Waals surface area contributed by atoms with Gasteiger partial charge < -0.3 is 19.4 Å². The molecular weight excluding hydrogens is 471 g/mol. The maximum atomic E-state index is 13.8. The van der Waals surface area contributed by atoms with Gasteiger partial charge in [-0.15, -0.1) is 0 Å². The average molecular weight is 501 g/mol. The van der Waals surface area contributed by atoms with Gasteiger partial charge in [0.2, 0.25) is 0 Å². The molecule has 0 aliphatic heterocycles. The maximum absolute atomic E-state index is 13.8. The normalized spacial score (nSPS) is 10.9. The average Bonchev–Trinajstić information content (AvgIpc) is 3.28. The highest BCUT2D eigenvalue weighted by molar-refractivity contribution is 6.08. The van der Waals surface area contributed by atoms with E-state index in [1.165, 1.54) is 12.1 Å². The van der Waals surface area contributed by atoms with Crippen LogP contribution in [0.5, 0.6) is 11.5 Å². The van der Waals surface area contributed by atoms with Crippen LogP contribution in [0.4, 0.5) is 4.39 Å². The van der Waals surface area contributed by atoms with E-state index in [1.807, 2.05) is 50.2 Å². The third kappa shape index (κ3) is 5.11. The van der Waals surface area contributed by atoms with Gasteiger partial charge in [0.1, 0.15) is 11.5 Å². The molecule has 6 nitrogen and oxygen atoms in total. The number of nitrogens with zero attached hydrogens (tertiary/aromatic N) is 1. The molecule has 0 spiro atoms. The fourth-order valence-electron chi connectivity index (χ4n) is 4.53. The first kappa shape index (κ1) is 25.7. The summed E-state index contributed by atoms with van der Waals surface area (Å²) in [5, 5.41) is 3.00. The second-order valence-electron chi connectivity index (χ2n) is 8.81. The van der Waals surface area contributed by atoms with E-state index in [1.54, 1.807) is 43.1 Å². The number of aldehydes is 1. The van der Waals surface area contributed by atoms with Crippen LogP contribution in [-0.4, -0.2) is 31.0 Å². The lowest BCUT2D eigenvalue weighted by Gasteiger charge is -2.16. The van der Waals surface area contributed by atoms with Crippen molar-refractivity contribution >= 4 is 12.2 Å². The van der Waals surface area contributed by atoms with Gasteiger partial charge in [0.05, 0.1) is 19.9 Å². The predicted molar refractivity (Wildman–Crippen MR) is 142 cm³/mol. The summed E-state index contributed by atoms with van der Waals surface area (Å²) < 4.78 is 26.2. The van der Waals surface area contributed by atoms with Gasteiger partial charge in [-0.25, -0.2) is 4.39 Å². The molecule has 7 heteroatoms. The molecule has 0 atom stereocenters. The minimum absolute atomic E-state index is 0.196. The van der Waals surface area contributed by atoms with Crippen molar-refractivity contribution in [2.24, 2.45) is 0 Å². The van der Waals surface area contributed by atoms with Crippen molar-refractivity contribution in [3.8, 4) is 33.8 Å². The Balaban J connectivity index is 1.86. The van der Waals surface area contributed by atoms with E-state index in [0.29, 0.717) is 39.6 Å². The topological polar surface area (TPSA) is 69.6 Å². The fourth-order valence-corrected chi connectivity index (χ4v) is 4.53. The molecule has 37 heavy (non-hydrogen) atoms. The van der Waals surface area contributed by atoms with E-state index in [9.17, 15) is 14.0 Å². The summed E-state index contributed by atoms with van der Waals surface area (Å²) in [6.07, 6.45) is 0.760. The van der Waals surface area contributed by atoms with Crippen LogP contribution in [0.3, 0.4) is 0 Å². The third-order valence-corrected chi connectivity index (χ3v) is 6.18. The summed E-state index contributed by atoms with van der Waals surface area (Å²) in [6, 6.07) is 20.6. The summed E-state index contributed by atoms with van der Waals surface area (Å²) in [7, 11) is 3.12. The van der Waals surface area contributed by atoms with Gasteiger partial charge in [-0.1, -0.05) is 48.5 Å². The van der Waals surface area contributed by atoms with Gasteiger partial charge in [-0.05, 0) is 54.8 Å². The zero-order valence-electron chi connectivity index (χ0n) is 21.2. The Kier molecular flexibility index (Phi) is 7.72. The van der Waals surface area contributed by atoms with Gasteiger partial charge >= 0.3 is 0 Å². The first-order valence-corrected chi connectivity index (χ1v) is 11.9. The second-order valence-corrected chi connectivity index (χ2v) is 8.81.